The van der Waals surface area contributed by atoms with E-state index in [1.165, 1.54) is 0 Å². The van der Waals surface area contributed by atoms with E-state index in [4.69, 9.17) is 4.74 Å². The summed E-state index contributed by atoms with van der Waals surface area (Å²) in [7, 11) is 0. The largest absolute Gasteiger partial charge is 0.493 e. The van der Waals surface area contributed by atoms with Crippen LogP contribution in [0.25, 0.3) is 0 Å². The van der Waals surface area contributed by atoms with E-state index in [0.29, 0.717) is 12.4 Å². The highest BCUT2D eigenvalue weighted by Crippen LogP contribution is 2.30. The van der Waals surface area contributed by atoms with Gasteiger partial charge in [0.2, 0.25) is 0 Å². The fourth-order valence-corrected chi connectivity index (χ4v) is 1.68. The molecule has 0 radical (unpaired) electrons. The molecule has 1 atom stereocenters. The summed E-state index contributed by atoms with van der Waals surface area (Å²) in [5, 5.41) is 0. The predicted molar refractivity (Wildman–Crippen MR) is 67.2 cm³/mol. The SMILES string of the molecule is CCOc1cc(C(Br)C(C)=O)ccc1S. The normalized spacial score (nSPS) is 12.3. The molecule has 1 aromatic rings. The number of carbonyl (C=O) groups excluding carboxylic acids is 1. The summed E-state index contributed by atoms with van der Waals surface area (Å²) in [5.74, 6) is 0.786. The quantitative estimate of drug-likeness (QED) is 0.679. The molecule has 0 heterocycles. The molecule has 0 amide bonds. The Morgan fingerprint density at radius 2 is 2.27 bits per heavy atom. The molecule has 0 bridgehead atoms. The molecule has 1 aromatic carbocycles. The number of thiol groups is 1. The fourth-order valence-electron chi connectivity index (χ4n) is 1.19. The Bertz CT molecular complexity index is 366. The van der Waals surface area contributed by atoms with Crippen molar-refractivity contribution in [3.8, 4) is 5.75 Å². The van der Waals surface area contributed by atoms with Crippen LogP contribution in [0, 0.1) is 0 Å². The Morgan fingerprint density at radius 1 is 1.60 bits per heavy atom. The van der Waals surface area contributed by atoms with Crippen molar-refractivity contribution in [2.45, 2.75) is 23.6 Å². The summed E-state index contributed by atoms with van der Waals surface area (Å²) < 4.78 is 5.40. The molecule has 0 aliphatic carbocycles. The van der Waals surface area contributed by atoms with Gasteiger partial charge in [-0.3, -0.25) is 4.79 Å². The van der Waals surface area contributed by atoms with E-state index in [1.807, 2.05) is 25.1 Å². The molecule has 0 fully saturated rings. The number of hydrogen-bond acceptors (Lipinski definition) is 3. The van der Waals surface area contributed by atoms with Crippen molar-refractivity contribution in [1.29, 1.82) is 0 Å². The number of halogens is 1. The molecule has 1 rings (SSSR count). The summed E-state index contributed by atoms with van der Waals surface area (Å²) in [4.78, 5) is 11.7. The molecule has 0 spiro atoms. The van der Waals surface area contributed by atoms with E-state index >= 15 is 0 Å². The van der Waals surface area contributed by atoms with Crippen LogP contribution in [-0.4, -0.2) is 12.4 Å². The van der Waals surface area contributed by atoms with Gasteiger partial charge >= 0.3 is 0 Å². The van der Waals surface area contributed by atoms with Crippen LogP contribution in [0.15, 0.2) is 23.1 Å². The van der Waals surface area contributed by atoms with Crippen molar-refractivity contribution in [3.05, 3.63) is 23.8 Å². The van der Waals surface area contributed by atoms with Gasteiger partial charge in [0.05, 0.1) is 11.4 Å². The maximum Gasteiger partial charge on any atom is 0.147 e. The van der Waals surface area contributed by atoms with Crippen molar-refractivity contribution < 1.29 is 9.53 Å². The minimum Gasteiger partial charge on any atom is -0.493 e. The minimum absolute atomic E-state index is 0.0735. The first kappa shape index (κ1) is 12.6. The van der Waals surface area contributed by atoms with Gasteiger partial charge in [0.15, 0.2) is 0 Å². The molecule has 0 saturated carbocycles. The van der Waals surface area contributed by atoms with Crippen molar-refractivity contribution in [3.63, 3.8) is 0 Å². The summed E-state index contributed by atoms with van der Waals surface area (Å²) in [6.45, 7) is 4.05. The van der Waals surface area contributed by atoms with Gasteiger partial charge in [0.1, 0.15) is 11.5 Å². The Morgan fingerprint density at radius 3 is 2.80 bits per heavy atom. The third-order valence-electron chi connectivity index (χ3n) is 1.93. The van der Waals surface area contributed by atoms with Crippen LogP contribution in [0.5, 0.6) is 5.75 Å². The second kappa shape index (κ2) is 5.56. The summed E-state index contributed by atoms with van der Waals surface area (Å²) in [5.41, 5.74) is 0.892. The zero-order valence-corrected chi connectivity index (χ0v) is 11.1. The number of ketones is 1. The molecule has 0 N–H and O–H groups in total. The van der Waals surface area contributed by atoms with Gasteiger partial charge in [-0.2, -0.15) is 0 Å². The first-order valence-electron chi connectivity index (χ1n) is 4.66. The molecule has 0 aliphatic rings. The summed E-state index contributed by atoms with van der Waals surface area (Å²) in [6, 6.07) is 5.54. The average molecular weight is 289 g/mol. The van der Waals surface area contributed by atoms with Crippen LogP contribution >= 0.6 is 28.6 Å². The van der Waals surface area contributed by atoms with Crippen molar-refractivity contribution in [2.75, 3.05) is 6.61 Å². The van der Waals surface area contributed by atoms with E-state index in [0.717, 1.165) is 10.5 Å². The predicted octanol–water partition coefficient (Wildman–Crippen LogP) is 3.40. The van der Waals surface area contributed by atoms with Crippen LogP contribution < -0.4 is 4.74 Å². The van der Waals surface area contributed by atoms with Gasteiger partial charge in [-0.25, -0.2) is 0 Å². The number of carbonyl (C=O) groups is 1. The van der Waals surface area contributed by atoms with Crippen LogP contribution in [-0.2, 0) is 4.79 Å². The molecule has 82 valence electrons. The average Bonchev–Trinajstić information content (AvgIpc) is 2.20. The Hall–Kier alpha value is -0.480. The molecule has 1 unspecified atom stereocenters. The molecule has 0 saturated heterocycles. The Labute approximate surface area is 104 Å². The minimum atomic E-state index is -0.273. The molecule has 15 heavy (non-hydrogen) atoms. The van der Waals surface area contributed by atoms with E-state index in [2.05, 4.69) is 28.6 Å². The lowest BCUT2D eigenvalue weighted by Gasteiger charge is -2.11. The van der Waals surface area contributed by atoms with E-state index in [-0.39, 0.29) is 10.6 Å². The highest BCUT2D eigenvalue weighted by molar-refractivity contribution is 9.09. The number of benzene rings is 1. The van der Waals surface area contributed by atoms with Crippen LogP contribution in [0.3, 0.4) is 0 Å². The lowest BCUT2D eigenvalue weighted by Crippen LogP contribution is -2.02. The van der Waals surface area contributed by atoms with Crippen LogP contribution in [0.1, 0.15) is 24.2 Å². The lowest BCUT2D eigenvalue weighted by atomic mass is 10.1. The van der Waals surface area contributed by atoms with Gasteiger partial charge in [-0.15, -0.1) is 12.6 Å². The van der Waals surface area contributed by atoms with Crippen LogP contribution in [0.2, 0.25) is 0 Å². The lowest BCUT2D eigenvalue weighted by molar-refractivity contribution is -0.116. The fraction of sp³-hybridized carbons (Fsp3) is 0.364. The van der Waals surface area contributed by atoms with Gasteiger partial charge in [-0.1, -0.05) is 22.0 Å². The third-order valence-corrected chi connectivity index (χ3v) is 3.48. The first-order chi connectivity index (χ1) is 7.06. The second-order valence-corrected chi connectivity index (χ2v) is 4.53. The maximum absolute atomic E-state index is 11.2. The zero-order chi connectivity index (χ0) is 11.4. The van der Waals surface area contributed by atoms with Gasteiger partial charge < -0.3 is 4.74 Å². The van der Waals surface area contributed by atoms with Crippen LogP contribution in [0.4, 0.5) is 0 Å². The number of Topliss-reactive ketones (excluding diaryl/α,β-unsaturated/α-hetero) is 1. The van der Waals surface area contributed by atoms with Gasteiger partial charge in [-0.05, 0) is 31.5 Å². The van der Waals surface area contributed by atoms with Crippen molar-refractivity contribution in [2.24, 2.45) is 0 Å². The Kier molecular flexibility index (Phi) is 4.67. The highest BCUT2D eigenvalue weighted by Gasteiger charge is 2.14. The smallest absolute Gasteiger partial charge is 0.147 e. The highest BCUT2D eigenvalue weighted by atomic mass is 79.9. The summed E-state index contributed by atoms with van der Waals surface area (Å²) >= 11 is 7.60. The second-order valence-electron chi connectivity index (χ2n) is 3.13. The molecular formula is C11H13BrO2S. The zero-order valence-electron chi connectivity index (χ0n) is 8.66. The summed E-state index contributed by atoms with van der Waals surface area (Å²) in [6.07, 6.45) is 0. The van der Waals surface area contributed by atoms with Crippen molar-refractivity contribution in [1.82, 2.24) is 0 Å². The van der Waals surface area contributed by atoms with E-state index in [1.54, 1.807) is 6.92 Å². The topological polar surface area (TPSA) is 26.3 Å². The number of rotatable bonds is 4. The molecule has 0 aliphatic heterocycles. The van der Waals surface area contributed by atoms with E-state index in [9.17, 15) is 4.79 Å². The maximum atomic E-state index is 11.2. The first-order valence-corrected chi connectivity index (χ1v) is 6.02. The third kappa shape index (κ3) is 3.24. The Balaban J connectivity index is 3.01. The monoisotopic (exact) mass is 288 g/mol. The molecule has 4 heteroatoms. The molecule has 2 nitrogen and oxygen atoms in total. The number of alkyl halides is 1. The van der Waals surface area contributed by atoms with Gasteiger partial charge in [0.25, 0.3) is 0 Å². The van der Waals surface area contributed by atoms with Gasteiger partial charge in [0, 0.05) is 4.90 Å². The van der Waals surface area contributed by atoms with Crippen molar-refractivity contribution >= 4 is 34.3 Å². The standard InChI is InChI=1S/C11H13BrO2S/c1-3-14-9-6-8(4-5-10(9)15)11(12)7(2)13/h4-6,11,15H,3H2,1-2H3. The number of hydrogen-bond donors (Lipinski definition) is 1. The molecule has 0 aromatic heterocycles. The number of ether oxygens (including phenoxy) is 1. The van der Waals surface area contributed by atoms with E-state index < -0.39 is 0 Å². The molecular weight excluding hydrogens is 276 g/mol.